The second-order valence-corrected chi connectivity index (χ2v) is 5.61. The van der Waals surface area contributed by atoms with Crippen LogP contribution in [0.15, 0.2) is 40.2 Å². The van der Waals surface area contributed by atoms with E-state index in [2.05, 4.69) is 15.9 Å². The number of carbonyl (C=O) groups excluding carboxylic acids is 1. The summed E-state index contributed by atoms with van der Waals surface area (Å²) in [6.45, 7) is 0. The van der Waals surface area contributed by atoms with Crippen molar-refractivity contribution in [3.63, 3.8) is 0 Å². The van der Waals surface area contributed by atoms with E-state index in [1.807, 2.05) is 11.4 Å². The van der Waals surface area contributed by atoms with E-state index in [1.54, 1.807) is 23.5 Å². The summed E-state index contributed by atoms with van der Waals surface area (Å²) in [5.41, 5.74) is 0.474. The Bertz CT molecular complexity index is 631. The Hall–Kier alpha value is -1.59. The molecule has 5 heteroatoms. The van der Waals surface area contributed by atoms with Gasteiger partial charge in [-0.1, -0.05) is 0 Å². The van der Waals surface area contributed by atoms with Gasteiger partial charge in [-0.05, 0) is 52.3 Å². The van der Waals surface area contributed by atoms with Crippen LogP contribution in [0, 0.1) is 0 Å². The fraction of sp³-hybridized carbons (Fsp3) is 0.0714. The number of aromatic hydroxyl groups is 1. The van der Waals surface area contributed by atoms with Crippen LogP contribution in [0.25, 0.3) is 6.08 Å². The zero-order chi connectivity index (χ0) is 13.8. The second-order valence-electron chi connectivity index (χ2n) is 3.75. The SMILES string of the molecule is COc1cc(C(=O)C=Cc2cc(Br)cs2)ccc1O. The molecule has 0 radical (unpaired) electrons. The number of phenolic OH excluding ortho intramolecular Hbond substituents is 1. The van der Waals surface area contributed by atoms with E-state index in [0.29, 0.717) is 5.56 Å². The Balaban J connectivity index is 2.18. The molecule has 3 nitrogen and oxygen atoms in total. The molecule has 0 bridgehead atoms. The molecule has 0 amide bonds. The second kappa shape index (κ2) is 6.04. The number of thiophene rings is 1. The Morgan fingerprint density at radius 3 is 2.84 bits per heavy atom. The van der Waals surface area contributed by atoms with Crippen LogP contribution in [0.3, 0.4) is 0 Å². The van der Waals surface area contributed by atoms with Crippen LogP contribution < -0.4 is 4.74 Å². The highest BCUT2D eigenvalue weighted by Gasteiger charge is 2.07. The number of hydrogen-bond acceptors (Lipinski definition) is 4. The largest absolute Gasteiger partial charge is 0.504 e. The number of benzene rings is 1. The Morgan fingerprint density at radius 2 is 2.21 bits per heavy atom. The van der Waals surface area contributed by atoms with Crippen LogP contribution in [0.2, 0.25) is 0 Å². The van der Waals surface area contributed by atoms with Crippen LogP contribution in [-0.4, -0.2) is 18.0 Å². The minimum absolute atomic E-state index is 0.0187. The van der Waals surface area contributed by atoms with E-state index in [0.717, 1.165) is 9.35 Å². The molecule has 0 aliphatic rings. The molecule has 98 valence electrons. The first-order valence-electron chi connectivity index (χ1n) is 5.43. The van der Waals surface area contributed by atoms with E-state index < -0.39 is 0 Å². The molecule has 0 aliphatic carbocycles. The lowest BCUT2D eigenvalue weighted by Gasteiger charge is -2.04. The molecule has 1 aromatic carbocycles. The van der Waals surface area contributed by atoms with Crippen LogP contribution in [0.1, 0.15) is 15.2 Å². The van der Waals surface area contributed by atoms with Crippen molar-refractivity contribution in [1.82, 2.24) is 0 Å². The topological polar surface area (TPSA) is 46.5 Å². The summed E-state index contributed by atoms with van der Waals surface area (Å²) in [6, 6.07) is 6.47. The van der Waals surface area contributed by atoms with Gasteiger partial charge in [-0.25, -0.2) is 0 Å². The van der Waals surface area contributed by atoms with Crippen molar-refractivity contribution in [2.24, 2.45) is 0 Å². The van der Waals surface area contributed by atoms with Gasteiger partial charge in [0.25, 0.3) is 0 Å². The van der Waals surface area contributed by atoms with Gasteiger partial charge in [-0.2, -0.15) is 0 Å². The first-order valence-corrected chi connectivity index (χ1v) is 7.11. The van der Waals surface area contributed by atoms with Crippen molar-refractivity contribution in [2.75, 3.05) is 7.11 Å². The molecule has 0 saturated heterocycles. The maximum atomic E-state index is 12.0. The van der Waals surface area contributed by atoms with Crippen LogP contribution in [0.4, 0.5) is 0 Å². The van der Waals surface area contributed by atoms with Crippen molar-refractivity contribution in [1.29, 1.82) is 0 Å². The highest BCUT2D eigenvalue weighted by Crippen LogP contribution is 2.27. The predicted molar refractivity (Wildman–Crippen MR) is 80.0 cm³/mol. The normalized spacial score (nSPS) is 10.8. The molecule has 2 aromatic rings. The summed E-state index contributed by atoms with van der Waals surface area (Å²) in [5, 5.41) is 11.4. The van der Waals surface area contributed by atoms with Gasteiger partial charge in [-0.15, -0.1) is 11.3 Å². The van der Waals surface area contributed by atoms with Gasteiger partial charge < -0.3 is 9.84 Å². The van der Waals surface area contributed by atoms with Gasteiger partial charge in [0.1, 0.15) is 0 Å². The van der Waals surface area contributed by atoms with Crippen LogP contribution in [0.5, 0.6) is 11.5 Å². The molecule has 1 heterocycles. The number of halogens is 1. The fourth-order valence-corrected chi connectivity index (χ4v) is 2.84. The van der Waals surface area contributed by atoms with Crippen molar-refractivity contribution < 1.29 is 14.6 Å². The van der Waals surface area contributed by atoms with Crippen LogP contribution in [-0.2, 0) is 0 Å². The maximum absolute atomic E-state index is 12.0. The molecule has 0 saturated carbocycles. The van der Waals surface area contributed by atoms with Crippen molar-refractivity contribution in [3.05, 3.63) is 50.6 Å². The molecule has 19 heavy (non-hydrogen) atoms. The van der Waals surface area contributed by atoms with Crippen molar-refractivity contribution in [3.8, 4) is 11.5 Å². The molecule has 0 fully saturated rings. The quantitative estimate of drug-likeness (QED) is 0.673. The first kappa shape index (κ1) is 13.8. The van der Waals surface area contributed by atoms with E-state index in [1.165, 1.54) is 25.3 Å². The molecule has 1 aromatic heterocycles. The molecule has 0 atom stereocenters. The number of hydrogen-bond donors (Lipinski definition) is 1. The summed E-state index contributed by atoms with van der Waals surface area (Å²) >= 11 is 4.90. The Kier molecular flexibility index (Phi) is 4.39. The summed E-state index contributed by atoms with van der Waals surface area (Å²) in [5.74, 6) is 0.172. The van der Waals surface area contributed by atoms with E-state index in [4.69, 9.17) is 4.74 Å². The molecular weight excluding hydrogens is 328 g/mol. The highest BCUT2D eigenvalue weighted by molar-refractivity contribution is 9.10. The van der Waals surface area contributed by atoms with E-state index in [9.17, 15) is 9.90 Å². The average Bonchev–Trinajstić information content (AvgIpc) is 2.82. The molecule has 1 N–H and O–H groups in total. The molecule has 0 spiro atoms. The number of allylic oxidation sites excluding steroid dienone is 1. The monoisotopic (exact) mass is 338 g/mol. The van der Waals surface area contributed by atoms with Crippen molar-refractivity contribution in [2.45, 2.75) is 0 Å². The number of carbonyl (C=O) groups is 1. The maximum Gasteiger partial charge on any atom is 0.186 e. The minimum atomic E-state index is -0.136. The van der Waals surface area contributed by atoms with Gasteiger partial charge in [0.15, 0.2) is 17.3 Å². The van der Waals surface area contributed by atoms with E-state index in [-0.39, 0.29) is 17.3 Å². The third kappa shape index (κ3) is 3.45. The number of ether oxygens (including phenoxy) is 1. The third-order valence-electron chi connectivity index (χ3n) is 2.45. The average molecular weight is 339 g/mol. The summed E-state index contributed by atoms with van der Waals surface area (Å²) in [4.78, 5) is 13.0. The minimum Gasteiger partial charge on any atom is -0.504 e. The number of methoxy groups -OCH3 is 1. The number of ketones is 1. The van der Waals surface area contributed by atoms with Gasteiger partial charge in [-0.3, -0.25) is 4.79 Å². The predicted octanol–water partition coefficient (Wildman–Crippen LogP) is 4.12. The van der Waals surface area contributed by atoms with Gasteiger partial charge >= 0.3 is 0 Å². The smallest absolute Gasteiger partial charge is 0.186 e. The molecular formula is C14H11BrO3S. The van der Waals surface area contributed by atoms with Crippen LogP contribution >= 0.6 is 27.3 Å². The lowest BCUT2D eigenvalue weighted by Crippen LogP contribution is -1.95. The lowest BCUT2D eigenvalue weighted by molar-refractivity contribution is 0.104. The molecule has 0 unspecified atom stereocenters. The number of phenols is 1. The fourth-order valence-electron chi connectivity index (χ4n) is 1.50. The summed E-state index contributed by atoms with van der Waals surface area (Å²) < 4.78 is 5.97. The highest BCUT2D eigenvalue weighted by atomic mass is 79.9. The zero-order valence-electron chi connectivity index (χ0n) is 10.1. The van der Waals surface area contributed by atoms with Crippen molar-refractivity contribution >= 4 is 39.1 Å². The van der Waals surface area contributed by atoms with Gasteiger partial charge in [0, 0.05) is 20.3 Å². The van der Waals surface area contributed by atoms with Gasteiger partial charge in [0.2, 0.25) is 0 Å². The van der Waals surface area contributed by atoms with Gasteiger partial charge in [0.05, 0.1) is 7.11 Å². The molecule has 2 rings (SSSR count). The third-order valence-corrected chi connectivity index (χ3v) is 4.11. The van der Waals surface area contributed by atoms with E-state index >= 15 is 0 Å². The summed E-state index contributed by atoms with van der Waals surface area (Å²) in [6.07, 6.45) is 3.27. The molecule has 0 aliphatic heterocycles. The lowest BCUT2D eigenvalue weighted by atomic mass is 10.1. The number of rotatable bonds is 4. The standard InChI is InChI=1S/C14H11BrO3S/c1-18-14-6-9(2-4-13(14)17)12(16)5-3-11-7-10(15)8-19-11/h2-8,17H,1H3. The zero-order valence-corrected chi connectivity index (χ0v) is 12.5. The first-order chi connectivity index (χ1) is 9.10. The Labute approximate surface area is 123 Å². The summed E-state index contributed by atoms with van der Waals surface area (Å²) in [7, 11) is 1.45. The Morgan fingerprint density at radius 1 is 1.42 bits per heavy atom.